The van der Waals surface area contributed by atoms with Gasteiger partial charge in [-0.3, -0.25) is 9.78 Å². The lowest BCUT2D eigenvalue weighted by atomic mass is 10.3. The molecule has 6 heteroatoms. The molecule has 0 spiro atoms. The maximum atomic E-state index is 11.6. The molecule has 106 valence electrons. The molecule has 0 aromatic carbocycles. The van der Waals surface area contributed by atoms with Crippen molar-refractivity contribution in [3.05, 3.63) is 42.7 Å². The summed E-state index contributed by atoms with van der Waals surface area (Å²) < 4.78 is 7.35. The van der Waals surface area contributed by atoms with E-state index < -0.39 is 0 Å². The third-order valence-electron chi connectivity index (χ3n) is 2.82. The summed E-state index contributed by atoms with van der Waals surface area (Å²) in [7, 11) is 1.90. The van der Waals surface area contributed by atoms with Gasteiger partial charge in [-0.2, -0.15) is 0 Å². The van der Waals surface area contributed by atoms with E-state index in [-0.39, 0.29) is 5.91 Å². The van der Waals surface area contributed by atoms with Gasteiger partial charge in [0, 0.05) is 32.1 Å². The number of hydrogen-bond acceptors (Lipinski definition) is 4. The van der Waals surface area contributed by atoms with Gasteiger partial charge in [0.05, 0.1) is 19.3 Å². The van der Waals surface area contributed by atoms with Crippen LogP contribution in [0.15, 0.2) is 36.9 Å². The molecule has 0 unspecified atom stereocenters. The molecule has 0 bridgehead atoms. The van der Waals surface area contributed by atoms with Crippen LogP contribution in [0.4, 0.5) is 0 Å². The van der Waals surface area contributed by atoms with E-state index in [1.807, 2.05) is 29.9 Å². The number of rotatable bonds is 7. The van der Waals surface area contributed by atoms with E-state index >= 15 is 0 Å². The van der Waals surface area contributed by atoms with Gasteiger partial charge in [0.15, 0.2) is 0 Å². The Labute approximate surface area is 117 Å². The van der Waals surface area contributed by atoms with Crippen molar-refractivity contribution in [1.29, 1.82) is 0 Å². The van der Waals surface area contributed by atoms with Crippen molar-refractivity contribution in [1.82, 2.24) is 19.9 Å². The van der Waals surface area contributed by atoms with Gasteiger partial charge < -0.3 is 14.6 Å². The molecule has 2 aromatic heterocycles. The van der Waals surface area contributed by atoms with Crippen molar-refractivity contribution >= 4 is 5.91 Å². The lowest BCUT2D eigenvalue weighted by molar-refractivity contribution is -0.121. The second-order valence-electron chi connectivity index (χ2n) is 4.37. The minimum Gasteiger partial charge on any atom is -0.492 e. The van der Waals surface area contributed by atoms with Crippen LogP contribution in [0.2, 0.25) is 0 Å². The molecule has 0 aliphatic rings. The fourth-order valence-corrected chi connectivity index (χ4v) is 1.69. The molecule has 2 rings (SSSR count). The SMILES string of the molecule is Cn1ccnc1CNC(=O)CCCOc1cccnc1. The average molecular weight is 274 g/mol. The monoisotopic (exact) mass is 274 g/mol. The highest BCUT2D eigenvalue weighted by atomic mass is 16.5. The predicted octanol–water partition coefficient (Wildman–Crippen LogP) is 1.29. The second-order valence-corrected chi connectivity index (χ2v) is 4.37. The van der Waals surface area contributed by atoms with Crippen molar-refractivity contribution < 1.29 is 9.53 Å². The summed E-state index contributed by atoms with van der Waals surface area (Å²) in [6.45, 7) is 0.952. The molecule has 0 aliphatic heterocycles. The molecule has 0 saturated heterocycles. The maximum absolute atomic E-state index is 11.6. The smallest absolute Gasteiger partial charge is 0.220 e. The fraction of sp³-hybridized carbons (Fsp3) is 0.357. The van der Waals surface area contributed by atoms with E-state index in [1.54, 1.807) is 18.6 Å². The van der Waals surface area contributed by atoms with Gasteiger partial charge in [-0.15, -0.1) is 0 Å². The van der Waals surface area contributed by atoms with Crippen LogP contribution in [0.3, 0.4) is 0 Å². The van der Waals surface area contributed by atoms with Crippen LogP contribution < -0.4 is 10.1 Å². The number of pyridine rings is 1. The molecule has 1 N–H and O–H groups in total. The number of nitrogens with one attached hydrogen (secondary N) is 1. The first kappa shape index (κ1) is 14.0. The van der Waals surface area contributed by atoms with E-state index in [0.29, 0.717) is 26.0 Å². The minimum atomic E-state index is 0.00258. The van der Waals surface area contributed by atoms with Crippen LogP contribution >= 0.6 is 0 Å². The Morgan fingerprint density at radius 2 is 2.35 bits per heavy atom. The number of aromatic nitrogens is 3. The van der Waals surface area contributed by atoms with Crippen molar-refractivity contribution in [2.24, 2.45) is 7.05 Å². The maximum Gasteiger partial charge on any atom is 0.220 e. The molecule has 2 heterocycles. The van der Waals surface area contributed by atoms with Gasteiger partial charge in [-0.05, 0) is 18.6 Å². The summed E-state index contributed by atoms with van der Waals surface area (Å²) in [5.74, 6) is 1.56. The molecule has 0 aliphatic carbocycles. The van der Waals surface area contributed by atoms with Gasteiger partial charge in [-0.1, -0.05) is 0 Å². The first-order valence-electron chi connectivity index (χ1n) is 6.51. The minimum absolute atomic E-state index is 0.00258. The number of aryl methyl sites for hydroxylation is 1. The Balaban J connectivity index is 1.60. The summed E-state index contributed by atoms with van der Waals surface area (Å²) in [6, 6.07) is 3.66. The Kier molecular flexibility index (Phi) is 5.11. The van der Waals surface area contributed by atoms with Crippen molar-refractivity contribution in [3.8, 4) is 5.75 Å². The third kappa shape index (κ3) is 4.38. The van der Waals surface area contributed by atoms with Gasteiger partial charge >= 0.3 is 0 Å². The van der Waals surface area contributed by atoms with Gasteiger partial charge in [-0.25, -0.2) is 4.98 Å². The normalized spacial score (nSPS) is 10.2. The summed E-state index contributed by atoms with van der Waals surface area (Å²) in [5, 5.41) is 2.83. The van der Waals surface area contributed by atoms with Crippen molar-refractivity contribution in [2.75, 3.05) is 6.61 Å². The van der Waals surface area contributed by atoms with Crippen molar-refractivity contribution in [3.63, 3.8) is 0 Å². The van der Waals surface area contributed by atoms with E-state index in [4.69, 9.17) is 4.74 Å². The quantitative estimate of drug-likeness (QED) is 0.772. The highest BCUT2D eigenvalue weighted by molar-refractivity contribution is 5.75. The molecule has 2 aromatic rings. The predicted molar refractivity (Wildman–Crippen MR) is 74.0 cm³/mol. The van der Waals surface area contributed by atoms with Gasteiger partial charge in [0.25, 0.3) is 0 Å². The van der Waals surface area contributed by atoms with Crippen LogP contribution in [0.5, 0.6) is 5.75 Å². The largest absolute Gasteiger partial charge is 0.492 e. The van der Waals surface area contributed by atoms with E-state index in [1.165, 1.54) is 0 Å². The van der Waals surface area contributed by atoms with E-state index in [0.717, 1.165) is 11.6 Å². The highest BCUT2D eigenvalue weighted by Crippen LogP contribution is 2.06. The Morgan fingerprint density at radius 1 is 1.45 bits per heavy atom. The van der Waals surface area contributed by atoms with Crippen LogP contribution in [-0.2, 0) is 18.4 Å². The number of ether oxygens (including phenoxy) is 1. The van der Waals surface area contributed by atoms with Crippen LogP contribution in [0, 0.1) is 0 Å². The Hall–Kier alpha value is -2.37. The zero-order valence-electron chi connectivity index (χ0n) is 11.5. The molecular formula is C14H18N4O2. The van der Waals surface area contributed by atoms with Crippen molar-refractivity contribution in [2.45, 2.75) is 19.4 Å². The molecule has 1 amide bonds. The van der Waals surface area contributed by atoms with Crippen LogP contribution in [-0.4, -0.2) is 27.0 Å². The molecule has 0 radical (unpaired) electrons. The van der Waals surface area contributed by atoms with Crippen LogP contribution in [0.25, 0.3) is 0 Å². The molecule has 0 saturated carbocycles. The molecule has 0 atom stereocenters. The number of carbonyl (C=O) groups is 1. The second kappa shape index (κ2) is 7.28. The van der Waals surface area contributed by atoms with E-state index in [2.05, 4.69) is 15.3 Å². The van der Waals surface area contributed by atoms with E-state index in [9.17, 15) is 4.79 Å². The summed E-state index contributed by atoms with van der Waals surface area (Å²) in [5.41, 5.74) is 0. The topological polar surface area (TPSA) is 69.0 Å². The average Bonchev–Trinajstić information content (AvgIpc) is 2.88. The first-order chi connectivity index (χ1) is 9.75. The number of carbonyl (C=O) groups excluding carboxylic acids is 1. The highest BCUT2D eigenvalue weighted by Gasteiger charge is 2.04. The number of imidazole rings is 1. The zero-order chi connectivity index (χ0) is 14.2. The first-order valence-corrected chi connectivity index (χ1v) is 6.51. The summed E-state index contributed by atoms with van der Waals surface area (Å²) in [6.07, 6.45) is 8.01. The number of amides is 1. The zero-order valence-corrected chi connectivity index (χ0v) is 11.5. The molecule has 0 fully saturated rings. The fourth-order valence-electron chi connectivity index (χ4n) is 1.69. The standard InChI is InChI=1S/C14H18N4O2/c1-18-8-7-16-13(18)11-17-14(19)5-3-9-20-12-4-2-6-15-10-12/h2,4,6-8,10H,3,5,9,11H2,1H3,(H,17,19). The van der Waals surface area contributed by atoms with Gasteiger partial charge in [0.1, 0.15) is 11.6 Å². The number of nitrogens with zero attached hydrogens (tertiary/aromatic N) is 3. The molecular weight excluding hydrogens is 256 g/mol. The third-order valence-corrected chi connectivity index (χ3v) is 2.82. The van der Waals surface area contributed by atoms with Crippen LogP contribution in [0.1, 0.15) is 18.7 Å². The van der Waals surface area contributed by atoms with Gasteiger partial charge in [0.2, 0.25) is 5.91 Å². The lowest BCUT2D eigenvalue weighted by Crippen LogP contribution is -2.24. The summed E-state index contributed by atoms with van der Waals surface area (Å²) in [4.78, 5) is 19.7. The molecule has 20 heavy (non-hydrogen) atoms. The number of hydrogen-bond donors (Lipinski definition) is 1. The molecule has 6 nitrogen and oxygen atoms in total. The summed E-state index contributed by atoms with van der Waals surface area (Å²) >= 11 is 0. The lowest BCUT2D eigenvalue weighted by Gasteiger charge is -2.06. The Bertz CT molecular complexity index is 539. The Morgan fingerprint density at radius 3 is 3.05 bits per heavy atom.